The van der Waals surface area contributed by atoms with Crippen LogP contribution in [0.2, 0.25) is 0 Å². The zero-order valence-corrected chi connectivity index (χ0v) is 30.1. The number of hydrogen-bond donors (Lipinski definition) is 3. The number of ether oxygens (including phenoxy) is 2. The van der Waals surface area contributed by atoms with Crippen LogP contribution < -0.4 is 16.0 Å². The number of likely N-dealkylation sites (N-methyl/N-ethyl adjacent to an activating group) is 1. The molecule has 2 aromatic carbocycles. The molecule has 12 heteroatoms. The minimum Gasteiger partial charge on any atom is -0.449 e. The van der Waals surface area contributed by atoms with Crippen LogP contribution in [0.15, 0.2) is 48.5 Å². The van der Waals surface area contributed by atoms with E-state index < -0.39 is 17.2 Å². The zero-order chi connectivity index (χ0) is 34.5. The first-order valence-electron chi connectivity index (χ1n) is 16.0. The molecule has 0 aliphatic heterocycles. The van der Waals surface area contributed by atoms with E-state index in [1.807, 2.05) is 38.1 Å². The minimum absolute atomic E-state index is 0.0294. The van der Waals surface area contributed by atoms with Gasteiger partial charge in [0.25, 0.3) is 0 Å². The lowest BCUT2D eigenvalue weighted by atomic mass is 9.91. The molecule has 0 saturated heterocycles. The van der Waals surface area contributed by atoms with Gasteiger partial charge >= 0.3 is 6.09 Å². The molecule has 258 valence electrons. The molecule has 47 heavy (non-hydrogen) atoms. The van der Waals surface area contributed by atoms with Crippen LogP contribution in [-0.2, 0) is 23.9 Å². The highest BCUT2D eigenvalue weighted by atomic mass is 33.1. The zero-order valence-electron chi connectivity index (χ0n) is 28.5. The fourth-order valence-corrected chi connectivity index (χ4v) is 7.02. The van der Waals surface area contributed by atoms with E-state index in [0.29, 0.717) is 37.7 Å². The van der Waals surface area contributed by atoms with Crippen molar-refractivity contribution in [2.24, 2.45) is 0 Å². The highest BCUT2D eigenvalue weighted by molar-refractivity contribution is 8.76. The summed E-state index contributed by atoms with van der Waals surface area (Å²) in [5.74, 6) is 1.11. The molecule has 1 aliphatic rings. The number of nitrogens with zero attached hydrogens (tertiary/aromatic N) is 1. The number of fused-ring (bicyclic) bond motifs is 3. The predicted molar refractivity (Wildman–Crippen MR) is 191 cm³/mol. The Balaban J connectivity index is 1.24. The van der Waals surface area contributed by atoms with Crippen LogP contribution in [0.3, 0.4) is 0 Å². The number of amides is 2. The normalized spacial score (nSPS) is 12.8. The van der Waals surface area contributed by atoms with Crippen LogP contribution in [0.5, 0.6) is 0 Å². The third kappa shape index (κ3) is 11.3. The van der Waals surface area contributed by atoms with Gasteiger partial charge in [0.2, 0.25) is 5.91 Å². The molecular formula is C35H50N4O6S2. The van der Waals surface area contributed by atoms with Gasteiger partial charge in [0.15, 0.2) is 11.6 Å². The van der Waals surface area contributed by atoms with Crippen LogP contribution in [0.25, 0.3) is 11.1 Å². The maximum absolute atomic E-state index is 13.0. The lowest BCUT2D eigenvalue weighted by Gasteiger charge is -2.36. The van der Waals surface area contributed by atoms with E-state index in [9.17, 15) is 19.2 Å². The topological polar surface area (TPSA) is 126 Å². The molecular weight excluding hydrogens is 637 g/mol. The number of ketones is 2. The van der Waals surface area contributed by atoms with E-state index >= 15 is 0 Å². The number of benzene rings is 2. The van der Waals surface area contributed by atoms with E-state index in [0.717, 1.165) is 0 Å². The average molecular weight is 687 g/mol. The van der Waals surface area contributed by atoms with E-state index in [1.165, 1.54) is 22.3 Å². The number of nitrogens with one attached hydrogen (secondary N) is 3. The maximum Gasteiger partial charge on any atom is 0.407 e. The van der Waals surface area contributed by atoms with Gasteiger partial charge in [-0.1, -0.05) is 70.1 Å². The summed E-state index contributed by atoms with van der Waals surface area (Å²) in [6.07, 6.45) is -0.245. The molecule has 3 N–H and O–H groups in total. The fourth-order valence-electron chi connectivity index (χ4n) is 5.20. The molecule has 0 aromatic heterocycles. The van der Waals surface area contributed by atoms with Crippen LogP contribution >= 0.6 is 21.6 Å². The molecule has 0 atom stereocenters. The quantitative estimate of drug-likeness (QED) is 0.126. The Hall–Kier alpha value is -2.90. The molecule has 0 fully saturated rings. The maximum atomic E-state index is 13.0. The first kappa shape index (κ1) is 38.5. The van der Waals surface area contributed by atoms with Crippen LogP contribution in [0, 0.1) is 0 Å². The van der Waals surface area contributed by atoms with Gasteiger partial charge in [-0.25, -0.2) is 4.79 Å². The summed E-state index contributed by atoms with van der Waals surface area (Å²) >= 11 is 0. The molecule has 0 heterocycles. The minimum atomic E-state index is -0.890. The van der Waals surface area contributed by atoms with E-state index in [1.54, 1.807) is 54.5 Å². The lowest BCUT2D eigenvalue weighted by Crippen LogP contribution is -2.56. The monoisotopic (exact) mass is 686 g/mol. The number of rotatable bonds is 21. The van der Waals surface area contributed by atoms with E-state index in [4.69, 9.17) is 9.47 Å². The van der Waals surface area contributed by atoms with Crippen molar-refractivity contribution in [3.63, 3.8) is 0 Å². The van der Waals surface area contributed by atoms with Gasteiger partial charge < -0.3 is 25.4 Å². The molecule has 0 radical (unpaired) electrons. The van der Waals surface area contributed by atoms with Crippen molar-refractivity contribution >= 4 is 45.2 Å². The Kier molecular flexibility index (Phi) is 15.2. The average Bonchev–Trinajstić information content (AvgIpc) is 3.37. The number of methoxy groups -OCH3 is 1. The van der Waals surface area contributed by atoms with Crippen molar-refractivity contribution in [2.75, 3.05) is 65.1 Å². The summed E-state index contributed by atoms with van der Waals surface area (Å²) < 4.78 is 10.6. The fraction of sp³-hybridized carbons (Fsp3) is 0.543. The first-order valence-corrected chi connectivity index (χ1v) is 18.5. The Morgan fingerprint density at radius 2 is 1.38 bits per heavy atom. The molecule has 0 saturated carbocycles. The largest absolute Gasteiger partial charge is 0.449 e. The van der Waals surface area contributed by atoms with Crippen LogP contribution in [0.4, 0.5) is 4.79 Å². The van der Waals surface area contributed by atoms with Gasteiger partial charge in [0, 0.05) is 57.0 Å². The summed E-state index contributed by atoms with van der Waals surface area (Å²) in [5, 5.41) is 8.86. The number of alkyl carbamates (subject to hydrolysis) is 1. The third-order valence-electron chi connectivity index (χ3n) is 8.56. The smallest absolute Gasteiger partial charge is 0.407 e. The standard InChI is InChI=1S/C35H50N4O6S2/c1-34(2,38-17-20-44-6)31(41)23-39(5)35(3,4)30(40)15-16-32(42)36-18-21-46-47-22-19-37-33(43)45-24-29-27-13-9-7-11-25(27)26-12-8-10-14-28(26)29/h7-14,29,38H,15-24H2,1-6H3,(H,36,42)(H,37,43). The second-order valence-corrected chi connectivity index (χ2v) is 15.3. The molecule has 2 amide bonds. The van der Waals surface area contributed by atoms with Crippen molar-refractivity contribution in [2.45, 2.75) is 57.5 Å². The molecule has 3 rings (SSSR count). The predicted octanol–water partition coefficient (Wildman–Crippen LogP) is 4.67. The Bertz CT molecular complexity index is 1320. The Labute approximate surface area is 287 Å². The Morgan fingerprint density at radius 3 is 1.98 bits per heavy atom. The van der Waals surface area contributed by atoms with Gasteiger partial charge in [0.05, 0.1) is 24.2 Å². The number of carbonyl (C=O) groups excluding carboxylic acids is 4. The number of hydrogen-bond acceptors (Lipinski definition) is 10. The van der Waals surface area contributed by atoms with E-state index in [2.05, 4.69) is 40.2 Å². The van der Waals surface area contributed by atoms with Crippen LogP contribution in [-0.4, -0.2) is 105 Å². The summed E-state index contributed by atoms with van der Waals surface area (Å²) in [7, 11) is 6.57. The van der Waals surface area contributed by atoms with Crippen molar-refractivity contribution in [3.8, 4) is 11.1 Å². The second kappa shape index (κ2) is 18.6. The summed E-state index contributed by atoms with van der Waals surface area (Å²) in [6, 6.07) is 16.5. The summed E-state index contributed by atoms with van der Waals surface area (Å²) in [4.78, 5) is 52.3. The lowest BCUT2D eigenvalue weighted by molar-refractivity contribution is -0.134. The summed E-state index contributed by atoms with van der Waals surface area (Å²) in [5.41, 5.74) is 3.11. The molecule has 0 bridgehead atoms. The second-order valence-electron chi connectivity index (χ2n) is 12.6. The molecule has 0 unspecified atom stereocenters. The Morgan fingerprint density at radius 1 is 0.809 bits per heavy atom. The number of Topliss-reactive ketones (excluding diaryl/α,β-unsaturated/α-hetero) is 2. The third-order valence-corrected chi connectivity index (χ3v) is 11.0. The van der Waals surface area contributed by atoms with Gasteiger partial charge in [-0.15, -0.1) is 0 Å². The molecule has 2 aromatic rings. The molecule has 10 nitrogen and oxygen atoms in total. The molecule has 0 spiro atoms. The van der Waals surface area contributed by atoms with Gasteiger partial charge in [-0.05, 0) is 57.0 Å². The van der Waals surface area contributed by atoms with Crippen molar-refractivity contribution < 1.29 is 28.7 Å². The first-order chi connectivity index (χ1) is 22.4. The SMILES string of the molecule is COCCNC(C)(C)C(=O)CN(C)C(C)(C)C(=O)CCC(=O)NCCSSCCNC(=O)OCC1c2ccccc2-c2ccccc21. The van der Waals surface area contributed by atoms with Crippen LogP contribution in [0.1, 0.15) is 57.6 Å². The van der Waals surface area contributed by atoms with Gasteiger partial charge in [-0.2, -0.15) is 0 Å². The van der Waals surface area contributed by atoms with E-state index in [-0.39, 0.29) is 49.4 Å². The van der Waals surface area contributed by atoms with Crippen molar-refractivity contribution in [3.05, 3.63) is 59.7 Å². The summed E-state index contributed by atoms with van der Waals surface area (Å²) in [6.45, 7) is 9.59. The highest BCUT2D eigenvalue weighted by Gasteiger charge is 2.36. The highest BCUT2D eigenvalue weighted by Crippen LogP contribution is 2.44. The van der Waals surface area contributed by atoms with Gasteiger partial charge in [0.1, 0.15) is 6.61 Å². The van der Waals surface area contributed by atoms with Gasteiger partial charge in [-0.3, -0.25) is 19.3 Å². The number of carbonyl (C=O) groups is 4. The molecule has 1 aliphatic carbocycles. The van der Waals surface area contributed by atoms with Crippen molar-refractivity contribution in [1.29, 1.82) is 0 Å². The van der Waals surface area contributed by atoms with Crippen molar-refractivity contribution in [1.82, 2.24) is 20.9 Å².